The van der Waals surface area contributed by atoms with Gasteiger partial charge in [-0.25, -0.2) is 0 Å². The quantitative estimate of drug-likeness (QED) is 0.445. The molecule has 2 aromatic heterocycles. The van der Waals surface area contributed by atoms with Gasteiger partial charge in [0.25, 0.3) is 0 Å². The molecule has 0 N–H and O–H groups in total. The third-order valence-electron chi connectivity index (χ3n) is 2.75. The van der Waals surface area contributed by atoms with Crippen LogP contribution in [0.3, 0.4) is 0 Å². The molecule has 0 saturated carbocycles. The lowest BCUT2D eigenvalue weighted by molar-refractivity contribution is -0.139. The summed E-state index contributed by atoms with van der Waals surface area (Å²) in [7, 11) is 0. The first-order valence-corrected chi connectivity index (χ1v) is 7.52. The van der Waals surface area contributed by atoms with E-state index in [2.05, 4.69) is 16.8 Å². The van der Waals surface area contributed by atoms with E-state index >= 15 is 0 Å². The molecular weight excluding hydrogens is 290 g/mol. The topological polar surface area (TPSA) is 70.2 Å². The van der Waals surface area contributed by atoms with Crippen molar-refractivity contribution in [3.05, 3.63) is 30.7 Å². The predicted molar refractivity (Wildman–Crippen MR) is 80.0 cm³/mol. The van der Waals surface area contributed by atoms with E-state index in [4.69, 9.17) is 9.15 Å². The number of hydrogen-bond acceptors (Lipinski definition) is 6. The van der Waals surface area contributed by atoms with Crippen LogP contribution in [0.5, 0.6) is 0 Å². The molecule has 2 aromatic rings. The molecule has 0 aliphatic heterocycles. The Bertz CT molecular complexity index is 633. The third kappa shape index (κ3) is 3.55. The van der Waals surface area contributed by atoms with Crippen LogP contribution < -0.4 is 0 Å². The van der Waals surface area contributed by atoms with E-state index in [-0.39, 0.29) is 11.7 Å². The largest absolute Gasteiger partial charge is 0.469 e. The maximum atomic E-state index is 11.4. The van der Waals surface area contributed by atoms with Gasteiger partial charge in [-0.15, -0.1) is 16.8 Å². The van der Waals surface area contributed by atoms with Crippen LogP contribution in [-0.4, -0.2) is 33.1 Å². The summed E-state index contributed by atoms with van der Waals surface area (Å²) in [6.07, 6.45) is 3.37. The van der Waals surface area contributed by atoms with Gasteiger partial charge in [0, 0.05) is 6.54 Å². The number of ether oxygens (including phenoxy) is 1. The molecular formula is C14H17N3O3S. The Morgan fingerprint density at radius 1 is 1.57 bits per heavy atom. The summed E-state index contributed by atoms with van der Waals surface area (Å²) >= 11 is 1.30. The molecule has 0 saturated heterocycles. The van der Waals surface area contributed by atoms with Gasteiger partial charge in [-0.1, -0.05) is 17.8 Å². The average molecular weight is 307 g/mol. The first-order valence-electron chi connectivity index (χ1n) is 6.54. The zero-order chi connectivity index (χ0) is 15.2. The fraction of sp³-hybridized carbons (Fsp3) is 0.357. The molecule has 0 radical (unpaired) electrons. The molecule has 0 atom stereocenters. The molecule has 0 unspecified atom stereocenters. The minimum atomic E-state index is -0.267. The van der Waals surface area contributed by atoms with Crippen molar-refractivity contribution in [3.63, 3.8) is 0 Å². The van der Waals surface area contributed by atoms with Crippen LogP contribution in [0.4, 0.5) is 0 Å². The second kappa shape index (κ2) is 7.12. The van der Waals surface area contributed by atoms with Crippen LogP contribution in [-0.2, 0) is 16.1 Å². The van der Waals surface area contributed by atoms with Crippen LogP contribution in [0.2, 0.25) is 0 Å². The molecule has 0 bridgehead atoms. The van der Waals surface area contributed by atoms with Crippen LogP contribution in [0.1, 0.15) is 12.7 Å². The standard InChI is InChI=1S/C14H17N3O3S/c1-4-7-17-13(11-6-8-20-10(11)3)15-16-14(17)21-9-12(18)19-5-2/h4,6,8H,1,5,7,9H2,2-3H3. The second-order valence-corrected chi connectivity index (χ2v) is 5.13. The van der Waals surface area contributed by atoms with Gasteiger partial charge in [0.15, 0.2) is 11.0 Å². The van der Waals surface area contributed by atoms with Crippen LogP contribution in [0.15, 0.2) is 34.6 Å². The lowest BCUT2D eigenvalue weighted by atomic mass is 10.2. The fourth-order valence-corrected chi connectivity index (χ4v) is 2.58. The Hall–Kier alpha value is -2.02. The molecule has 0 aromatic carbocycles. The molecule has 2 heterocycles. The fourth-order valence-electron chi connectivity index (χ4n) is 1.83. The van der Waals surface area contributed by atoms with E-state index in [9.17, 15) is 4.79 Å². The number of nitrogens with zero attached hydrogens (tertiary/aromatic N) is 3. The number of esters is 1. The molecule has 21 heavy (non-hydrogen) atoms. The minimum Gasteiger partial charge on any atom is -0.469 e. The number of furan rings is 1. The van der Waals surface area contributed by atoms with E-state index in [1.807, 2.05) is 17.6 Å². The van der Waals surface area contributed by atoms with Crippen molar-refractivity contribution in [1.82, 2.24) is 14.8 Å². The van der Waals surface area contributed by atoms with Crippen molar-refractivity contribution in [1.29, 1.82) is 0 Å². The maximum absolute atomic E-state index is 11.4. The van der Waals surface area contributed by atoms with Gasteiger partial charge in [0.1, 0.15) is 5.76 Å². The van der Waals surface area contributed by atoms with Gasteiger partial charge >= 0.3 is 5.97 Å². The molecule has 2 rings (SSSR count). The first kappa shape index (κ1) is 15.4. The lowest BCUT2D eigenvalue weighted by Crippen LogP contribution is -2.08. The summed E-state index contributed by atoms with van der Waals surface area (Å²) in [5, 5.41) is 8.99. The average Bonchev–Trinajstić information content (AvgIpc) is 3.04. The maximum Gasteiger partial charge on any atom is 0.316 e. The third-order valence-corrected chi connectivity index (χ3v) is 3.69. The summed E-state index contributed by atoms with van der Waals surface area (Å²) < 4.78 is 12.1. The lowest BCUT2D eigenvalue weighted by Gasteiger charge is -2.06. The number of aryl methyl sites for hydroxylation is 1. The molecule has 0 aliphatic carbocycles. The summed E-state index contributed by atoms with van der Waals surface area (Å²) in [4.78, 5) is 11.4. The van der Waals surface area contributed by atoms with Crippen LogP contribution in [0, 0.1) is 6.92 Å². The Morgan fingerprint density at radius 2 is 2.38 bits per heavy atom. The van der Waals surface area contributed by atoms with Crippen molar-refractivity contribution in [2.75, 3.05) is 12.4 Å². The number of carbonyl (C=O) groups excluding carboxylic acids is 1. The number of allylic oxidation sites excluding steroid dienone is 1. The number of aromatic nitrogens is 3. The van der Waals surface area contributed by atoms with Crippen LogP contribution >= 0.6 is 11.8 Å². The second-order valence-electron chi connectivity index (χ2n) is 4.19. The normalized spacial score (nSPS) is 10.6. The van der Waals surface area contributed by atoms with Gasteiger partial charge in [-0.05, 0) is 19.9 Å². The molecule has 0 aliphatic rings. The minimum absolute atomic E-state index is 0.202. The highest BCUT2D eigenvalue weighted by molar-refractivity contribution is 7.99. The predicted octanol–water partition coefficient (Wildman–Crippen LogP) is 2.69. The Labute approximate surface area is 127 Å². The monoisotopic (exact) mass is 307 g/mol. The van der Waals surface area contributed by atoms with Gasteiger partial charge in [-0.2, -0.15) is 0 Å². The summed E-state index contributed by atoms with van der Waals surface area (Å²) in [6.45, 7) is 8.32. The first-order chi connectivity index (χ1) is 10.2. The van der Waals surface area contributed by atoms with E-state index < -0.39 is 0 Å². The van der Waals surface area contributed by atoms with Gasteiger partial charge < -0.3 is 9.15 Å². The smallest absolute Gasteiger partial charge is 0.316 e. The zero-order valence-corrected chi connectivity index (χ0v) is 12.9. The highest BCUT2D eigenvalue weighted by Gasteiger charge is 2.17. The van der Waals surface area contributed by atoms with Crippen molar-refractivity contribution < 1.29 is 13.9 Å². The molecule has 6 nitrogen and oxygen atoms in total. The van der Waals surface area contributed by atoms with Gasteiger partial charge in [0.2, 0.25) is 0 Å². The summed E-state index contributed by atoms with van der Waals surface area (Å²) in [5.41, 5.74) is 0.882. The number of hydrogen-bond donors (Lipinski definition) is 0. The SMILES string of the molecule is C=CCn1c(SCC(=O)OCC)nnc1-c1ccoc1C. The number of thioether (sulfide) groups is 1. The van der Waals surface area contributed by atoms with E-state index in [0.29, 0.717) is 24.1 Å². The summed E-state index contributed by atoms with van der Waals surface area (Å²) in [6, 6.07) is 1.85. The van der Waals surface area contributed by atoms with Crippen molar-refractivity contribution in [2.45, 2.75) is 25.5 Å². The molecule has 0 spiro atoms. The van der Waals surface area contributed by atoms with Crippen molar-refractivity contribution in [3.8, 4) is 11.4 Å². The van der Waals surface area contributed by atoms with Gasteiger partial charge in [0.05, 0.1) is 24.2 Å². The van der Waals surface area contributed by atoms with E-state index in [0.717, 1.165) is 11.3 Å². The zero-order valence-electron chi connectivity index (χ0n) is 12.0. The van der Waals surface area contributed by atoms with E-state index in [1.165, 1.54) is 11.8 Å². The molecule has 0 fully saturated rings. The Morgan fingerprint density at radius 3 is 3.00 bits per heavy atom. The van der Waals surface area contributed by atoms with Gasteiger partial charge in [-0.3, -0.25) is 9.36 Å². The Balaban J connectivity index is 2.23. The highest BCUT2D eigenvalue weighted by atomic mass is 32.2. The number of rotatable bonds is 7. The summed E-state index contributed by atoms with van der Waals surface area (Å²) in [5.74, 6) is 1.41. The van der Waals surface area contributed by atoms with Crippen molar-refractivity contribution in [2.24, 2.45) is 0 Å². The Kier molecular flexibility index (Phi) is 5.21. The van der Waals surface area contributed by atoms with Crippen molar-refractivity contribution >= 4 is 17.7 Å². The molecule has 7 heteroatoms. The van der Waals surface area contributed by atoms with Crippen LogP contribution in [0.25, 0.3) is 11.4 Å². The molecule has 112 valence electrons. The molecule has 0 amide bonds. The van der Waals surface area contributed by atoms with E-state index in [1.54, 1.807) is 19.3 Å². The highest BCUT2D eigenvalue weighted by Crippen LogP contribution is 2.27. The number of carbonyl (C=O) groups is 1.